The summed E-state index contributed by atoms with van der Waals surface area (Å²) < 4.78 is 25.3. The van der Waals surface area contributed by atoms with Gasteiger partial charge in [0.25, 0.3) is 0 Å². The lowest BCUT2D eigenvalue weighted by Gasteiger charge is -2.15. The molecule has 0 aliphatic rings. The van der Waals surface area contributed by atoms with E-state index in [-0.39, 0.29) is 11.8 Å². The number of nitrogens with one attached hydrogen (secondary N) is 1. The van der Waals surface area contributed by atoms with Gasteiger partial charge in [0.1, 0.15) is 0 Å². The number of nitrogens with zero attached hydrogens (tertiary/aromatic N) is 2. The van der Waals surface area contributed by atoms with Crippen LogP contribution in [-0.2, 0) is 16.9 Å². The Bertz CT molecular complexity index is 675. The van der Waals surface area contributed by atoms with Crippen LogP contribution in [0, 0.1) is 0 Å². The maximum Gasteiger partial charge on any atom is 0.178 e. The Morgan fingerprint density at radius 3 is 2.40 bits per heavy atom. The Morgan fingerprint density at radius 2 is 1.90 bits per heavy atom. The topological polar surface area (TPSA) is 64.0 Å². The maximum atomic E-state index is 11.7. The second kappa shape index (κ2) is 5.66. The van der Waals surface area contributed by atoms with Crippen molar-refractivity contribution in [3.8, 4) is 0 Å². The van der Waals surface area contributed by atoms with Crippen molar-refractivity contribution in [3.63, 3.8) is 0 Å². The summed E-state index contributed by atoms with van der Waals surface area (Å²) in [6.07, 6.45) is 1.75. The third-order valence-corrected chi connectivity index (χ3v) is 5.03. The lowest BCUT2D eigenvalue weighted by molar-refractivity contribution is 0.597. The minimum Gasteiger partial charge on any atom is -0.377 e. The molecule has 0 fully saturated rings. The molecule has 1 aromatic heterocycles. The Hall–Kier alpha value is -1.82. The molecule has 5 nitrogen and oxygen atoms in total. The van der Waals surface area contributed by atoms with Crippen LogP contribution in [0.3, 0.4) is 0 Å². The van der Waals surface area contributed by atoms with Gasteiger partial charge in [0.15, 0.2) is 9.84 Å². The van der Waals surface area contributed by atoms with Crippen molar-refractivity contribution in [1.29, 1.82) is 0 Å². The second-order valence-corrected chi connectivity index (χ2v) is 6.95. The van der Waals surface area contributed by atoms with Gasteiger partial charge >= 0.3 is 0 Å². The smallest absolute Gasteiger partial charge is 0.178 e. The molecular weight excluding hydrogens is 274 g/mol. The van der Waals surface area contributed by atoms with Crippen molar-refractivity contribution in [1.82, 2.24) is 9.78 Å². The Kier molecular flexibility index (Phi) is 4.13. The summed E-state index contributed by atoms with van der Waals surface area (Å²) in [5.41, 5.74) is 1.95. The molecule has 2 aromatic rings. The molecule has 0 amide bonds. The van der Waals surface area contributed by atoms with Gasteiger partial charge in [-0.25, -0.2) is 8.42 Å². The second-order valence-electron chi connectivity index (χ2n) is 4.67. The zero-order chi connectivity index (χ0) is 14.8. The van der Waals surface area contributed by atoms with E-state index in [9.17, 15) is 8.42 Å². The van der Waals surface area contributed by atoms with Crippen LogP contribution in [0.4, 0.5) is 5.69 Å². The average molecular weight is 293 g/mol. The van der Waals surface area contributed by atoms with Crippen LogP contribution < -0.4 is 5.32 Å². The van der Waals surface area contributed by atoms with E-state index in [0.29, 0.717) is 4.90 Å². The molecule has 20 heavy (non-hydrogen) atoms. The molecule has 1 N–H and O–H groups in total. The summed E-state index contributed by atoms with van der Waals surface area (Å²) in [6, 6.07) is 8.89. The SMILES string of the molecule is CCS(=O)(=O)c1ccc(NC(C)c2ccnn2C)cc1. The summed E-state index contributed by atoms with van der Waals surface area (Å²) in [4.78, 5) is 0.360. The highest BCUT2D eigenvalue weighted by Crippen LogP contribution is 2.20. The predicted molar refractivity (Wildman–Crippen MR) is 79.4 cm³/mol. The number of aryl methyl sites for hydroxylation is 1. The Balaban J connectivity index is 2.14. The van der Waals surface area contributed by atoms with Crippen molar-refractivity contribution in [2.24, 2.45) is 7.05 Å². The summed E-state index contributed by atoms with van der Waals surface area (Å²) in [7, 11) is -1.24. The van der Waals surface area contributed by atoms with Crippen molar-refractivity contribution in [3.05, 3.63) is 42.2 Å². The van der Waals surface area contributed by atoms with Crippen LogP contribution in [0.15, 0.2) is 41.4 Å². The van der Waals surface area contributed by atoms with Crippen LogP contribution in [0.2, 0.25) is 0 Å². The first-order valence-corrected chi connectivity index (χ1v) is 8.16. The first-order valence-electron chi connectivity index (χ1n) is 6.51. The third-order valence-electron chi connectivity index (χ3n) is 3.28. The first kappa shape index (κ1) is 14.6. The van der Waals surface area contributed by atoms with Gasteiger partial charge in [-0.05, 0) is 37.3 Å². The van der Waals surface area contributed by atoms with Gasteiger partial charge in [0.05, 0.1) is 22.4 Å². The van der Waals surface area contributed by atoms with E-state index in [4.69, 9.17) is 0 Å². The molecular formula is C14H19N3O2S. The van der Waals surface area contributed by atoms with Gasteiger partial charge in [-0.15, -0.1) is 0 Å². The van der Waals surface area contributed by atoms with Gasteiger partial charge < -0.3 is 5.32 Å². The number of rotatable bonds is 5. The van der Waals surface area contributed by atoms with Gasteiger partial charge in [-0.2, -0.15) is 5.10 Å². The highest BCUT2D eigenvalue weighted by molar-refractivity contribution is 7.91. The molecule has 0 bridgehead atoms. The minimum absolute atomic E-state index is 0.0936. The van der Waals surface area contributed by atoms with Crippen LogP contribution in [0.1, 0.15) is 25.6 Å². The van der Waals surface area contributed by atoms with Crippen molar-refractivity contribution in [2.45, 2.75) is 24.8 Å². The molecule has 1 heterocycles. The van der Waals surface area contributed by atoms with E-state index in [1.807, 2.05) is 24.7 Å². The van der Waals surface area contributed by atoms with Crippen LogP contribution in [-0.4, -0.2) is 24.0 Å². The molecule has 0 aliphatic carbocycles. The largest absolute Gasteiger partial charge is 0.377 e. The molecule has 1 unspecified atom stereocenters. The van der Waals surface area contributed by atoms with E-state index in [2.05, 4.69) is 10.4 Å². The lowest BCUT2D eigenvalue weighted by atomic mass is 10.2. The molecule has 0 radical (unpaired) electrons. The van der Waals surface area contributed by atoms with Gasteiger partial charge in [-0.3, -0.25) is 4.68 Å². The summed E-state index contributed by atoms with van der Waals surface area (Å²) in [5, 5.41) is 7.46. The zero-order valence-corrected chi connectivity index (χ0v) is 12.7. The molecule has 0 saturated carbocycles. The molecule has 108 valence electrons. The summed E-state index contributed by atoms with van der Waals surface area (Å²) in [6.45, 7) is 3.68. The molecule has 6 heteroatoms. The average Bonchev–Trinajstić information content (AvgIpc) is 2.85. The number of aromatic nitrogens is 2. The van der Waals surface area contributed by atoms with E-state index in [0.717, 1.165) is 11.4 Å². The molecule has 1 atom stereocenters. The van der Waals surface area contributed by atoms with Crippen molar-refractivity contribution < 1.29 is 8.42 Å². The first-order chi connectivity index (χ1) is 9.44. The normalized spacial score (nSPS) is 13.2. The zero-order valence-electron chi connectivity index (χ0n) is 11.9. The fourth-order valence-electron chi connectivity index (χ4n) is 2.06. The van der Waals surface area contributed by atoms with E-state index in [1.165, 1.54) is 0 Å². The lowest BCUT2D eigenvalue weighted by Crippen LogP contribution is -2.11. The van der Waals surface area contributed by atoms with Gasteiger partial charge in [0, 0.05) is 18.9 Å². The monoisotopic (exact) mass is 293 g/mol. The van der Waals surface area contributed by atoms with E-state index < -0.39 is 9.84 Å². The standard InChI is InChI=1S/C14H19N3O2S/c1-4-20(18,19)13-7-5-12(6-8-13)16-11(2)14-9-10-15-17(14)3/h5-11,16H,4H2,1-3H3. The number of hydrogen-bond acceptors (Lipinski definition) is 4. The van der Waals surface area contributed by atoms with Crippen molar-refractivity contribution in [2.75, 3.05) is 11.1 Å². The highest BCUT2D eigenvalue weighted by atomic mass is 32.2. The quantitative estimate of drug-likeness (QED) is 0.919. The maximum absolute atomic E-state index is 11.7. The van der Waals surface area contributed by atoms with Gasteiger partial charge in [0.2, 0.25) is 0 Å². The number of anilines is 1. The van der Waals surface area contributed by atoms with Crippen LogP contribution in [0.25, 0.3) is 0 Å². The number of hydrogen-bond donors (Lipinski definition) is 1. The summed E-state index contributed by atoms with van der Waals surface area (Å²) >= 11 is 0. The molecule has 1 aromatic carbocycles. The number of sulfone groups is 1. The van der Waals surface area contributed by atoms with Gasteiger partial charge in [-0.1, -0.05) is 6.92 Å². The third kappa shape index (κ3) is 3.01. The van der Waals surface area contributed by atoms with Crippen LogP contribution >= 0.6 is 0 Å². The van der Waals surface area contributed by atoms with E-state index in [1.54, 1.807) is 37.4 Å². The summed E-state index contributed by atoms with van der Waals surface area (Å²) in [5.74, 6) is 0.116. The predicted octanol–water partition coefficient (Wildman–Crippen LogP) is 2.39. The van der Waals surface area contributed by atoms with Crippen molar-refractivity contribution >= 4 is 15.5 Å². The Morgan fingerprint density at radius 1 is 1.25 bits per heavy atom. The molecule has 0 aliphatic heterocycles. The number of benzene rings is 1. The van der Waals surface area contributed by atoms with E-state index >= 15 is 0 Å². The van der Waals surface area contributed by atoms with Crippen LogP contribution in [0.5, 0.6) is 0 Å². The highest BCUT2D eigenvalue weighted by Gasteiger charge is 2.12. The fraction of sp³-hybridized carbons (Fsp3) is 0.357. The Labute approximate surface area is 119 Å². The molecule has 2 rings (SSSR count). The fourth-order valence-corrected chi connectivity index (χ4v) is 2.94. The molecule has 0 spiro atoms. The minimum atomic E-state index is -3.14. The molecule has 0 saturated heterocycles.